The third-order valence-electron chi connectivity index (χ3n) is 9.38. The molecule has 0 amide bonds. The van der Waals surface area contributed by atoms with Gasteiger partial charge in [0.1, 0.15) is 0 Å². The Morgan fingerprint density at radius 3 is 1.18 bits per heavy atom. The summed E-state index contributed by atoms with van der Waals surface area (Å²) in [5, 5.41) is 1.25. The summed E-state index contributed by atoms with van der Waals surface area (Å²) >= 11 is 0. The van der Waals surface area contributed by atoms with Crippen LogP contribution in [0.25, 0.3) is 0 Å². The summed E-state index contributed by atoms with van der Waals surface area (Å²) in [7, 11) is -0.795. The summed E-state index contributed by atoms with van der Waals surface area (Å²) in [6, 6.07) is 56.7. The smallest absolute Gasteiger partial charge is 0.0555 e. The molecule has 0 radical (unpaired) electrons. The molecule has 2 unspecified atom stereocenters. The summed E-state index contributed by atoms with van der Waals surface area (Å²) in [6.07, 6.45) is 8.08. The van der Waals surface area contributed by atoms with E-state index < -0.39 is 13.3 Å². The Labute approximate surface area is 266 Å². The quantitative estimate of drug-likeness (QED) is 0.118. The summed E-state index contributed by atoms with van der Waals surface area (Å²) in [5.41, 5.74) is 6.23. The second-order valence-corrected chi connectivity index (χ2v) is 16.6. The topological polar surface area (TPSA) is 0 Å². The minimum Gasteiger partial charge on any atom is -0.0801 e. The van der Waals surface area contributed by atoms with Crippen LogP contribution in [-0.4, -0.2) is 10.3 Å². The van der Waals surface area contributed by atoms with Crippen LogP contribution in [-0.2, 0) is 5.41 Å². The van der Waals surface area contributed by atoms with Crippen molar-refractivity contribution in [3.8, 4) is 0 Å². The number of rotatable bonds is 9. The molecule has 2 atom stereocenters. The van der Waals surface area contributed by atoms with Gasteiger partial charge in [0.2, 0.25) is 0 Å². The van der Waals surface area contributed by atoms with Crippen molar-refractivity contribution in [2.75, 3.05) is 0 Å². The van der Waals surface area contributed by atoms with E-state index in [1.54, 1.807) is 5.31 Å². The van der Waals surface area contributed by atoms with Gasteiger partial charge in [-0.25, -0.2) is 0 Å². The number of allylic oxidation sites excluding steroid dienone is 4. The van der Waals surface area contributed by atoms with Crippen molar-refractivity contribution in [1.29, 1.82) is 0 Å². The fraction of sp³-hybridized carbons (Fsp3) is 0.209. The van der Waals surface area contributed by atoms with Crippen LogP contribution in [0.4, 0.5) is 0 Å². The maximum atomic E-state index is 2.64. The largest absolute Gasteiger partial charge is 0.0801 e. The summed E-state index contributed by atoms with van der Waals surface area (Å²) < 4.78 is 0. The lowest BCUT2D eigenvalue weighted by Crippen LogP contribution is -2.56. The molecule has 44 heavy (non-hydrogen) atoms. The molecule has 0 bridgehead atoms. The van der Waals surface area contributed by atoms with Gasteiger partial charge in [0.05, 0.1) is 5.41 Å². The lowest BCUT2D eigenvalue weighted by Gasteiger charge is -2.61. The zero-order valence-electron chi connectivity index (χ0n) is 26.4. The molecule has 5 aromatic carbocycles. The number of benzene rings is 5. The molecule has 0 saturated carbocycles. The fourth-order valence-corrected chi connectivity index (χ4v) is 12.8. The molecule has 0 aliphatic heterocycles. The normalized spacial score (nSPS) is 15.5. The predicted octanol–water partition coefficient (Wildman–Crippen LogP) is 11.7. The first-order valence-electron chi connectivity index (χ1n) is 15.8. The Kier molecular flexibility index (Phi) is 8.57. The van der Waals surface area contributed by atoms with E-state index in [1.165, 1.54) is 27.8 Å². The average molecular weight is 591 g/mol. The van der Waals surface area contributed by atoms with Gasteiger partial charge in [-0.15, -0.1) is 0 Å². The van der Waals surface area contributed by atoms with Crippen LogP contribution < -0.4 is 0 Å². The van der Waals surface area contributed by atoms with E-state index in [-0.39, 0.29) is 16.2 Å². The van der Waals surface area contributed by atoms with Gasteiger partial charge in [-0.3, -0.25) is 0 Å². The fourth-order valence-electron chi connectivity index (χ4n) is 8.11. The molecule has 220 valence electrons. The van der Waals surface area contributed by atoms with Gasteiger partial charge in [0.15, 0.2) is 0 Å². The van der Waals surface area contributed by atoms with Crippen LogP contribution in [0.5, 0.6) is 0 Å². The van der Waals surface area contributed by atoms with Crippen LogP contribution >= 0.6 is 7.92 Å². The minimum atomic E-state index is -0.795. The molecule has 0 N–H and O–H groups in total. The zero-order chi connectivity index (χ0) is 30.6. The van der Waals surface area contributed by atoms with Crippen molar-refractivity contribution >= 4 is 7.92 Å². The third-order valence-corrected chi connectivity index (χ3v) is 13.2. The van der Waals surface area contributed by atoms with Crippen LogP contribution in [0.15, 0.2) is 175 Å². The lowest BCUT2D eigenvalue weighted by molar-refractivity contribution is 0.395. The SMILES string of the molecule is CC(C)(C)P(C1=CC=CC1)C(C)(C(c1ccccc1)c1ccccc1)C(c1ccccc1)(c1ccccc1)c1ccccc1. The van der Waals surface area contributed by atoms with E-state index in [0.29, 0.717) is 0 Å². The second-order valence-electron chi connectivity index (χ2n) is 13.0. The molecule has 5 aromatic rings. The molecule has 6 rings (SSSR count). The average Bonchev–Trinajstić information content (AvgIpc) is 3.57. The Hall–Kier alpha value is -3.99. The van der Waals surface area contributed by atoms with Crippen molar-refractivity contribution in [1.82, 2.24) is 0 Å². The minimum absolute atomic E-state index is 0.00728. The molecular formula is C43H43P. The summed E-state index contributed by atoms with van der Waals surface area (Å²) in [4.78, 5) is 0. The molecule has 1 aliphatic carbocycles. The van der Waals surface area contributed by atoms with Gasteiger partial charge < -0.3 is 0 Å². The molecule has 0 heterocycles. The molecule has 1 aliphatic rings. The first-order valence-corrected chi connectivity index (χ1v) is 17.1. The van der Waals surface area contributed by atoms with Crippen LogP contribution in [0.3, 0.4) is 0 Å². The van der Waals surface area contributed by atoms with Crippen molar-refractivity contribution in [2.24, 2.45) is 0 Å². The van der Waals surface area contributed by atoms with Crippen molar-refractivity contribution in [2.45, 2.75) is 55.8 Å². The van der Waals surface area contributed by atoms with E-state index in [1.807, 2.05) is 0 Å². The standard InChI is InChI=1S/C43H43P/c1-41(2,3)44(39-32-20-21-33-39)42(4,40(34-22-10-5-11-23-34)35-24-12-6-13-25-35)43(36-26-14-7-15-27-36,37-28-16-8-17-29-37)38-30-18-9-19-31-38/h5-32,40H,33H2,1-4H3. The second kappa shape index (κ2) is 12.6. The highest BCUT2D eigenvalue weighted by molar-refractivity contribution is 7.65. The Balaban J connectivity index is 1.87. The Bertz CT molecular complexity index is 1560. The van der Waals surface area contributed by atoms with E-state index in [2.05, 4.69) is 198 Å². The molecule has 0 nitrogen and oxygen atoms in total. The maximum Gasteiger partial charge on any atom is 0.0555 e. The first-order chi connectivity index (χ1) is 21.4. The van der Waals surface area contributed by atoms with Crippen molar-refractivity contribution in [3.63, 3.8) is 0 Å². The van der Waals surface area contributed by atoms with Crippen molar-refractivity contribution in [3.05, 3.63) is 203 Å². The molecule has 0 fully saturated rings. The summed E-state index contributed by atoms with van der Waals surface area (Å²) in [6.45, 7) is 10.1. The van der Waals surface area contributed by atoms with Crippen LogP contribution in [0.1, 0.15) is 67.9 Å². The maximum absolute atomic E-state index is 2.64. The molecule has 0 saturated heterocycles. The van der Waals surface area contributed by atoms with Gasteiger partial charge >= 0.3 is 0 Å². The van der Waals surface area contributed by atoms with Gasteiger partial charge in [0, 0.05) is 11.1 Å². The Morgan fingerprint density at radius 2 is 0.864 bits per heavy atom. The molecule has 0 spiro atoms. The lowest BCUT2D eigenvalue weighted by atomic mass is 9.56. The highest BCUT2D eigenvalue weighted by Crippen LogP contribution is 2.77. The predicted molar refractivity (Wildman–Crippen MR) is 191 cm³/mol. The van der Waals surface area contributed by atoms with E-state index in [9.17, 15) is 0 Å². The van der Waals surface area contributed by atoms with Crippen LogP contribution in [0.2, 0.25) is 0 Å². The monoisotopic (exact) mass is 590 g/mol. The highest BCUT2D eigenvalue weighted by Gasteiger charge is 2.62. The van der Waals surface area contributed by atoms with Gasteiger partial charge in [-0.1, -0.05) is 206 Å². The Morgan fingerprint density at radius 1 is 0.500 bits per heavy atom. The number of hydrogen-bond acceptors (Lipinski definition) is 0. The summed E-state index contributed by atoms with van der Waals surface area (Å²) in [5.74, 6) is 0.0948. The zero-order valence-corrected chi connectivity index (χ0v) is 27.3. The van der Waals surface area contributed by atoms with E-state index in [0.717, 1.165) is 6.42 Å². The third kappa shape index (κ3) is 5.21. The molecule has 1 heteroatoms. The van der Waals surface area contributed by atoms with Crippen LogP contribution in [0, 0.1) is 0 Å². The van der Waals surface area contributed by atoms with Gasteiger partial charge in [-0.05, 0) is 44.7 Å². The van der Waals surface area contributed by atoms with E-state index in [4.69, 9.17) is 0 Å². The van der Waals surface area contributed by atoms with Gasteiger partial charge in [0.25, 0.3) is 0 Å². The first kappa shape index (κ1) is 30.1. The highest BCUT2D eigenvalue weighted by atomic mass is 31.1. The van der Waals surface area contributed by atoms with Crippen molar-refractivity contribution < 1.29 is 0 Å². The number of hydrogen-bond donors (Lipinski definition) is 0. The molecule has 0 aromatic heterocycles. The molecular weight excluding hydrogens is 547 g/mol. The van der Waals surface area contributed by atoms with Gasteiger partial charge in [-0.2, -0.15) is 0 Å². The van der Waals surface area contributed by atoms with E-state index >= 15 is 0 Å².